The average Bonchev–Trinajstić information content (AvgIpc) is 3.27. The summed E-state index contributed by atoms with van der Waals surface area (Å²) >= 11 is 0. The van der Waals surface area contributed by atoms with Crippen molar-refractivity contribution >= 4 is 57.4 Å². The molecule has 0 bridgehead atoms. The molecule has 0 aromatic heterocycles. The van der Waals surface area contributed by atoms with E-state index in [1.807, 2.05) is 146 Å². The standard InChI is InChI=1S/C50H38N4O2/c1-55-49-29-25-47(26-30-49)53(43-9-5-3-6-10-43)45-21-13-37(14-22-45)33-41(35-51)39-17-19-40(20-18-39)42(36-52)34-38-15-23-46(24-16-38)54(44-11-7-4-8-12-44)48-27-31-50(56-2)32-28-48/h3-34H,1-2H3/b41-33-,42-34+. The van der Waals surface area contributed by atoms with Crippen molar-refractivity contribution in [3.63, 3.8) is 0 Å². The SMILES string of the molecule is COc1ccc(N(c2ccccc2)c2ccc(/C=C(\C#N)c3ccc(/C(C#N)=C\c4ccc(N(c5ccccc5)c5ccc(OC)cc5)cc4)cc3)cc2)cc1. The van der Waals surface area contributed by atoms with Gasteiger partial charge >= 0.3 is 0 Å². The Kier molecular flexibility index (Phi) is 11.3. The minimum Gasteiger partial charge on any atom is -0.497 e. The number of benzene rings is 7. The highest BCUT2D eigenvalue weighted by molar-refractivity contribution is 5.93. The number of nitrogens with zero attached hydrogens (tertiary/aromatic N) is 4. The van der Waals surface area contributed by atoms with Gasteiger partial charge in [-0.15, -0.1) is 0 Å². The fraction of sp³-hybridized carbons (Fsp3) is 0.0400. The Morgan fingerprint density at radius 3 is 0.964 bits per heavy atom. The van der Waals surface area contributed by atoms with Gasteiger partial charge in [0.1, 0.15) is 11.5 Å². The minimum absolute atomic E-state index is 0.525. The van der Waals surface area contributed by atoms with Crippen molar-refractivity contribution < 1.29 is 9.47 Å². The molecular formula is C50H38N4O2. The maximum Gasteiger partial charge on any atom is 0.119 e. The predicted octanol–water partition coefficient (Wildman–Crippen LogP) is 12.8. The van der Waals surface area contributed by atoms with E-state index in [0.29, 0.717) is 11.1 Å². The van der Waals surface area contributed by atoms with Crippen molar-refractivity contribution in [1.29, 1.82) is 10.5 Å². The molecule has 0 atom stereocenters. The smallest absolute Gasteiger partial charge is 0.119 e. The molecule has 6 heteroatoms. The summed E-state index contributed by atoms with van der Waals surface area (Å²) in [7, 11) is 3.32. The van der Waals surface area contributed by atoms with E-state index in [-0.39, 0.29) is 0 Å². The highest BCUT2D eigenvalue weighted by Crippen LogP contribution is 2.37. The molecule has 7 rings (SSSR count). The molecule has 6 nitrogen and oxygen atoms in total. The fourth-order valence-corrected chi connectivity index (χ4v) is 6.47. The van der Waals surface area contributed by atoms with Gasteiger partial charge in [-0.2, -0.15) is 10.5 Å². The molecule has 0 N–H and O–H groups in total. The monoisotopic (exact) mass is 726 g/mol. The Morgan fingerprint density at radius 2 is 0.679 bits per heavy atom. The summed E-state index contributed by atoms with van der Waals surface area (Å²) in [6.45, 7) is 0. The van der Waals surface area contributed by atoms with Crippen LogP contribution in [0.3, 0.4) is 0 Å². The Bertz CT molecular complexity index is 2330. The lowest BCUT2D eigenvalue weighted by Gasteiger charge is -2.25. The Labute approximate surface area is 328 Å². The lowest BCUT2D eigenvalue weighted by Crippen LogP contribution is -2.09. The van der Waals surface area contributed by atoms with E-state index < -0.39 is 0 Å². The molecule has 0 spiro atoms. The molecule has 0 aliphatic rings. The summed E-state index contributed by atoms with van der Waals surface area (Å²) in [6.07, 6.45) is 3.76. The maximum absolute atomic E-state index is 10.2. The molecule has 0 fully saturated rings. The fourth-order valence-electron chi connectivity index (χ4n) is 6.47. The quantitative estimate of drug-likeness (QED) is 0.0922. The zero-order valence-corrected chi connectivity index (χ0v) is 31.1. The zero-order valence-electron chi connectivity index (χ0n) is 31.1. The summed E-state index contributed by atoms with van der Waals surface area (Å²) in [6, 6.07) is 64.8. The number of anilines is 6. The van der Waals surface area contributed by atoms with Crippen LogP contribution in [0.25, 0.3) is 23.3 Å². The molecule has 0 unspecified atom stereocenters. The van der Waals surface area contributed by atoms with Crippen LogP contribution in [-0.4, -0.2) is 14.2 Å². The van der Waals surface area contributed by atoms with Crippen LogP contribution < -0.4 is 19.3 Å². The molecule has 0 aliphatic heterocycles. The summed E-state index contributed by atoms with van der Waals surface area (Å²) in [5.41, 5.74) is 10.4. The molecule has 0 saturated heterocycles. The van der Waals surface area contributed by atoms with Gasteiger partial charge in [-0.1, -0.05) is 84.9 Å². The molecule has 270 valence electrons. The Hall–Kier alpha value is -7.80. The van der Waals surface area contributed by atoms with E-state index in [1.165, 1.54) is 0 Å². The Balaban J connectivity index is 1.10. The van der Waals surface area contributed by atoms with Crippen molar-refractivity contribution in [1.82, 2.24) is 0 Å². The highest BCUT2D eigenvalue weighted by atomic mass is 16.5. The molecule has 0 amide bonds. The van der Waals surface area contributed by atoms with Crippen molar-refractivity contribution in [3.05, 3.63) is 204 Å². The summed E-state index contributed by atoms with van der Waals surface area (Å²) in [5, 5.41) is 20.3. The Morgan fingerprint density at radius 1 is 0.393 bits per heavy atom. The summed E-state index contributed by atoms with van der Waals surface area (Å²) < 4.78 is 10.7. The van der Waals surface area contributed by atoms with Gasteiger partial charge in [0.25, 0.3) is 0 Å². The van der Waals surface area contributed by atoms with Gasteiger partial charge in [0.2, 0.25) is 0 Å². The van der Waals surface area contributed by atoms with Crippen molar-refractivity contribution in [3.8, 4) is 23.6 Å². The van der Waals surface area contributed by atoms with E-state index >= 15 is 0 Å². The zero-order chi connectivity index (χ0) is 38.7. The third kappa shape index (κ3) is 8.37. The first-order valence-corrected chi connectivity index (χ1v) is 18.1. The van der Waals surface area contributed by atoms with Crippen LogP contribution in [0.2, 0.25) is 0 Å². The lowest BCUT2D eigenvalue weighted by molar-refractivity contribution is 0.414. The van der Waals surface area contributed by atoms with E-state index in [2.05, 4.69) is 70.5 Å². The van der Waals surface area contributed by atoms with E-state index in [9.17, 15) is 10.5 Å². The second kappa shape index (κ2) is 17.4. The highest BCUT2D eigenvalue weighted by Gasteiger charge is 2.14. The average molecular weight is 727 g/mol. The van der Waals surface area contributed by atoms with Gasteiger partial charge < -0.3 is 19.3 Å². The first kappa shape index (κ1) is 36.6. The van der Waals surface area contributed by atoms with Crippen LogP contribution in [0.1, 0.15) is 22.3 Å². The topological polar surface area (TPSA) is 72.5 Å². The van der Waals surface area contributed by atoms with Crippen LogP contribution >= 0.6 is 0 Å². The van der Waals surface area contributed by atoms with Crippen molar-refractivity contribution in [2.24, 2.45) is 0 Å². The third-order valence-electron chi connectivity index (χ3n) is 9.36. The second-order valence-corrected chi connectivity index (χ2v) is 12.8. The van der Waals surface area contributed by atoms with Crippen molar-refractivity contribution in [2.75, 3.05) is 24.0 Å². The second-order valence-electron chi connectivity index (χ2n) is 12.8. The number of allylic oxidation sites excluding steroid dienone is 2. The number of methoxy groups -OCH3 is 2. The van der Waals surface area contributed by atoms with E-state index in [0.717, 1.165) is 67.9 Å². The molecular weight excluding hydrogens is 689 g/mol. The number of nitriles is 2. The van der Waals surface area contributed by atoms with Crippen LogP contribution in [-0.2, 0) is 0 Å². The molecule has 0 aliphatic carbocycles. The third-order valence-corrected chi connectivity index (χ3v) is 9.36. The van der Waals surface area contributed by atoms with Gasteiger partial charge in [-0.25, -0.2) is 0 Å². The minimum atomic E-state index is 0.525. The first-order chi connectivity index (χ1) is 27.6. The summed E-state index contributed by atoms with van der Waals surface area (Å²) in [4.78, 5) is 4.35. The molecule has 7 aromatic rings. The molecule has 0 radical (unpaired) electrons. The largest absolute Gasteiger partial charge is 0.497 e. The molecule has 56 heavy (non-hydrogen) atoms. The number of hydrogen-bond donors (Lipinski definition) is 0. The van der Waals surface area contributed by atoms with Crippen LogP contribution in [0, 0.1) is 22.7 Å². The van der Waals surface area contributed by atoms with Crippen LogP contribution in [0.15, 0.2) is 182 Å². The number of rotatable bonds is 12. The van der Waals surface area contributed by atoms with Gasteiger partial charge in [0, 0.05) is 34.1 Å². The van der Waals surface area contributed by atoms with Gasteiger partial charge in [-0.3, -0.25) is 0 Å². The first-order valence-electron chi connectivity index (χ1n) is 18.1. The van der Waals surface area contributed by atoms with E-state index in [4.69, 9.17) is 9.47 Å². The van der Waals surface area contributed by atoms with Gasteiger partial charge in [-0.05, 0) is 131 Å². The number of para-hydroxylation sites is 2. The van der Waals surface area contributed by atoms with E-state index in [1.54, 1.807) is 14.2 Å². The molecule has 0 saturated carbocycles. The van der Waals surface area contributed by atoms with Gasteiger partial charge in [0.15, 0.2) is 0 Å². The number of hydrogen-bond acceptors (Lipinski definition) is 6. The predicted molar refractivity (Wildman–Crippen MR) is 229 cm³/mol. The van der Waals surface area contributed by atoms with Gasteiger partial charge in [0.05, 0.1) is 37.5 Å². The lowest BCUT2D eigenvalue weighted by atomic mass is 9.98. The van der Waals surface area contributed by atoms with Crippen LogP contribution in [0.4, 0.5) is 34.1 Å². The van der Waals surface area contributed by atoms with Crippen LogP contribution in [0.5, 0.6) is 11.5 Å². The normalized spacial score (nSPS) is 11.2. The maximum atomic E-state index is 10.2. The number of ether oxygens (including phenoxy) is 2. The molecule has 0 heterocycles. The molecule has 7 aromatic carbocycles. The van der Waals surface area contributed by atoms with Crippen molar-refractivity contribution in [2.45, 2.75) is 0 Å². The summed E-state index contributed by atoms with van der Waals surface area (Å²) in [5.74, 6) is 1.59.